The van der Waals surface area contributed by atoms with E-state index in [1.807, 2.05) is 0 Å². The Morgan fingerprint density at radius 2 is 1.96 bits per heavy atom. The fourth-order valence-corrected chi connectivity index (χ4v) is 4.18. The minimum absolute atomic E-state index is 0.0163. The van der Waals surface area contributed by atoms with Crippen molar-refractivity contribution in [2.75, 3.05) is 25.9 Å². The van der Waals surface area contributed by atoms with Crippen molar-refractivity contribution < 1.29 is 18.0 Å². The van der Waals surface area contributed by atoms with Gasteiger partial charge in [0, 0.05) is 25.9 Å². The summed E-state index contributed by atoms with van der Waals surface area (Å²) < 4.78 is 22.9. The van der Waals surface area contributed by atoms with Crippen molar-refractivity contribution in [1.29, 1.82) is 0 Å². The van der Waals surface area contributed by atoms with Gasteiger partial charge in [0.1, 0.15) is 0 Å². The lowest BCUT2D eigenvalue weighted by atomic mass is 9.79. The second-order valence-electron chi connectivity index (χ2n) is 6.80. The van der Waals surface area contributed by atoms with Crippen molar-refractivity contribution in [3.05, 3.63) is 29.8 Å². The third-order valence-corrected chi connectivity index (χ3v) is 6.14. The van der Waals surface area contributed by atoms with Crippen LogP contribution in [0.15, 0.2) is 29.2 Å². The van der Waals surface area contributed by atoms with Crippen LogP contribution in [0.5, 0.6) is 0 Å². The molecule has 2 heterocycles. The van der Waals surface area contributed by atoms with E-state index < -0.39 is 15.3 Å². The van der Waals surface area contributed by atoms with E-state index in [9.17, 15) is 18.0 Å². The molecule has 1 N–H and O–H groups in total. The van der Waals surface area contributed by atoms with Gasteiger partial charge in [-0.25, -0.2) is 8.42 Å². The SMILES string of the molecule is CS(=O)(=O)c1ccc(CC(=O)N2CCC3(CCCNC3=O)C2)cc1. The topological polar surface area (TPSA) is 83.6 Å². The third-order valence-electron chi connectivity index (χ3n) is 5.01. The zero-order valence-corrected chi connectivity index (χ0v) is 14.6. The number of piperidine rings is 1. The second kappa shape index (κ2) is 6.20. The number of amides is 2. The molecule has 2 fully saturated rings. The van der Waals surface area contributed by atoms with Gasteiger partial charge in [-0.2, -0.15) is 0 Å². The molecule has 2 amide bonds. The Morgan fingerprint density at radius 3 is 2.58 bits per heavy atom. The zero-order valence-electron chi connectivity index (χ0n) is 13.7. The van der Waals surface area contributed by atoms with E-state index in [0.29, 0.717) is 13.1 Å². The molecule has 0 saturated carbocycles. The average Bonchev–Trinajstić information content (AvgIpc) is 2.95. The lowest BCUT2D eigenvalue weighted by molar-refractivity contribution is -0.134. The fraction of sp³-hybridized carbons (Fsp3) is 0.529. The number of nitrogens with zero attached hydrogens (tertiary/aromatic N) is 1. The molecule has 0 aromatic heterocycles. The van der Waals surface area contributed by atoms with Crippen molar-refractivity contribution in [2.45, 2.75) is 30.6 Å². The maximum Gasteiger partial charge on any atom is 0.228 e. The Kier molecular flexibility index (Phi) is 4.38. The quantitative estimate of drug-likeness (QED) is 0.872. The van der Waals surface area contributed by atoms with Crippen molar-refractivity contribution in [2.24, 2.45) is 5.41 Å². The first-order valence-electron chi connectivity index (χ1n) is 8.15. The Morgan fingerprint density at radius 1 is 1.25 bits per heavy atom. The number of likely N-dealkylation sites (tertiary alicyclic amines) is 1. The number of hydrogen-bond acceptors (Lipinski definition) is 4. The van der Waals surface area contributed by atoms with Crippen LogP contribution in [0.3, 0.4) is 0 Å². The highest BCUT2D eigenvalue weighted by molar-refractivity contribution is 7.90. The normalized spacial score (nSPS) is 24.2. The van der Waals surface area contributed by atoms with Crippen molar-refractivity contribution in [3.8, 4) is 0 Å². The second-order valence-corrected chi connectivity index (χ2v) is 8.81. The van der Waals surface area contributed by atoms with Gasteiger partial charge in [0.15, 0.2) is 9.84 Å². The summed E-state index contributed by atoms with van der Waals surface area (Å²) in [4.78, 5) is 26.7. The van der Waals surface area contributed by atoms with Crippen LogP contribution < -0.4 is 5.32 Å². The molecule has 1 spiro atoms. The number of nitrogens with one attached hydrogen (secondary N) is 1. The van der Waals surface area contributed by atoms with Crippen LogP contribution in [0.4, 0.5) is 0 Å². The molecule has 2 aliphatic rings. The lowest BCUT2D eigenvalue weighted by Gasteiger charge is -2.32. The number of rotatable bonds is 3. The molecule has 7 heteroatoms. The molecule has 6 nitrogen and oxygen atoms in total. The Balaban J connectivity index is 1.65. The van der Waals surface area contributed by atoms with Gasteiger partial charge in [0.05, 0.1) is 16.7 Å². The summed E-state index contributed by atoms with van der Waals surface area (Å²) in [5.41, 5.74) is 0.370. The summed E-state index contributed by atoms with van der Waals surface area (Å²) in [7, 11) is -3.23. The van der Waals surface area contributed by atoms with Crippen LogP contribution in [-0.4, -0.2) is 51.0 Å². The van der Waals surface area contributed by atoms with Crippen molar-refractivity contribution in [1.82, 2.24) is 10.2 Å². The van der Waals surface area contributed by atoms with E-state index in [2.05, 4.69) is 5.32 Å². The molecule has 0 bridgehead atoms. The maximum atomic E-state index is 12.5. The zero-order chi connectivity index (χ0) is 17.4. The molecule has 24 heavy (non-hydrogen) atoms. The number of carbonyl (C=O) groups is 2. The van der Waals surface area contributed by atoms with E-state index >= 15 is 0 Å². The van der Waals surface area contributed by atoms with Crippen LogP contribution in [0.25, 0.3) is 0 Å². The first kappa shape index (κ1) is 17.0. The van der Waals surface area contributed by atoms with E-state index in [1.165, 1.54) is 12.1 Å². The molecule has 0 aliphatic carbocycles. The molecule has 1 atom stereocenters. The predicted molar refractivity (Wildman–Crippen MR) is 89.1 cm³/mol. The molecule has 2 aliphatic heterocycles. The van der Waals surface area contributed by atoms with Crippen LogP contribution >= 0.6 is 0 Å². The van der Waals surface area contributed by atoms with Crippen molar-refractivity contribution >= 4 is 21.7 Å². The van der Waals surface area contributed by atoms with Crippen LogP contribution in [0, 0.1) is 5.41 Å². The number of benzene rings is 1. The number of carbonyl (C=O) groups excluding carboxylic acids is 2. The van der Waals surface area contributed by atoms with Crippen LogP contribution in [0.2, 0.25) is 0 Å². The maximum absolute atomic E-state index is 12.5. The van der Waals surface area contributed by atoms with E-state index in [1.54, 1.807) is 17.0 Å². The highest BCUT2D eigenvalue weighted by atomic mass is 32.2. The molecular formula is C17H22N2O4S. The fourth-order valence-electron chi connectivity index (χ4n) is 3.55. The summed E-state index contributed by atoms with van der Waals surface area (Å²) in [6, 6.07) is 6.40. The summed E-state index contributed by atoms with van der Waals surface area (Å²) in [5, 5.41) is 2.91. The van der Waals surface area contributed by atoms with Crippen molar-refractivity contribution in [3.63, 3.8) is 0 Å². The average molecular weight is 350 g/mol. The van der Waals surface area contributed by atoms with Gasteiger partial charge in [-0.15, -0.1) is 0 Å². The highest BCUT2D eigenvalue weighted by Gasteiger charge is 2.46. The predicted octanol–water partition coefficient (Wildman–Crippen LogP) is 0.761. The summed E-state index contributed by atoms with van der Waals surface area (Å²) in [6.07, 6.45) is 3.90. The summed E-state index contributed by atoms with van der Waals surface area (Å²) >= 11 is 0. The first-order valence-corrected chi connectivity index (χ1v) is 10.0. The largest absolute Gasteiger partial charge is 0.356 e. The van der Waals surface area contributed by atoms with Gasteiger partial charge < -0.3 is 10.2 Å². The van der Waals surface area contributed by atoms with Gasteiger partial charge >= 0.3 is 0 Å². The summed E-state index contributed by atoms with van der Waals surface area (Å²) in [5.74, 6) is 0.0545. The molecular weight excluding hydrogens is 328 g/mol. The monoisotopic (exact) mass is 350 g/mol. The smallest absolute Gasteiger partial charge is 0.228 e. The number of sulfone groups is 1. The molecule has 0 radical (unpaired) electrons. The minimum atomic E-state index is -3.23. The van der Waals surface area contributed by atoms with Gasteiger partial charge in [0.25, 0.3) is 0 Å². The number of hydrogen-bond donors (Lipinski definition) is 1. The van der Waals surface area contributed by atoms with Gasteiger partial charge in [-0.1, -0.05) is 12.1 Å². The molecule has 2 saturated heterocycles. The lowest BCUT2D eigenvalue weighted by Crippen LogP contribution is -2.48. The van der Waals surface area contributed by atoms with E-state index in [-0.39, 0.29) is 23.1 Å². The summed E-state index contributed by atoms with van der Waals surface area (Å²) in [6.45, 7) is 1.81. The van der Waals surface area contributed by atoms with Crippen LogP contribution in [0.1, 0.15) is 24.8 Å². The molecule has 1 unspecified atom stereocenters. The Labute approximate surface area is 142 Å². The highest BCUT2D eigenvalue weighted by Crippen LogP contribution is 2.37. The van der Waals surface area contributed by atoms with Gasteiger partial charge in [-0.3, -0.25) is 9.59 Å². The minimum Gasteiger partial charge on any atom is -0.356 e. The van der Waals surface area contributed by atoms with Gasteiger partial charge in [-0.05, 0) is 37.0 Å². The molecule has 130 valence electrons. The first-order chi connectivity index (χ1) is 11.3. The third kappa shape index (κ3) is 3.31. The molecule has 3 rings (SSSR count). The Hall–Kier alpha value is -1.89. The Bertz CT molecular complexity index is 757. The van der Waals surface area contributed by atoms with Crippen LogP contribution in [-0.2, 0) is 25.8 Å². The standard InChI is InChI=1S/C17H22N2O4S/c1-24(22,23)14-5-3-13(4-6-14)11-15(20)19-10-8-17(12-19)7-2-9-18-16(17)21/h3-6H,2,7-12H2,1H3,(H,18,21). The van der Waals surface area contributed by atoms with E-state index in [4.69, 9.17) is 0 Å². The van der Waals surface area contributed by atoms with E-state index in [0.717, 1.165) is 37.6 Å². The molecule has 1 aromatic rings. The molecule has 1 aromatic carbocycles. The van der Waals surface area contributed by atoms with Gasteiger partial charge in [0.2, 0.25) is 11.8 Å².